The molecule has 1 atom stereocenters. The standard InChI is InChI=1S/C18H11F4N3O2/c19-11-5-6-14-12(8-11)13(16(26)23-14)7-9-1-3-10(4-2-9)15-24-17(27-25-15)18(20,21)22/h1-6,8,13H,7H2,(H,23,26). The number of nitrogens with zero attached hydrogens (tertiary/aromatic N) is 2. The number of carbonyl (C=O) groups excluding carboxylic acids is 1. The van der Waals surface area contributed by atoms with Crippen molar-refractivity contribution in [3.05, 3.63) is 65.3 Å². The molecule has 27 heavy (non-hydrogen) atoms. The van der Waals surface area contributed by atoms with Gasteiger partial charge in [-0.1, -0.05) is 29.4 Å². The summed E-state index contributed by atoms with van der Waals surface area (Å²) < 4.78 is 55.3. The van der Waals surface area contributed by atoms with Crippen LogP contribution in [-0.2, 0) is 17.4 Å². The lowest BCUT2D eigenvalue weighted by Gasteiger charge is -2.09. The van der Waals surface area contributed by atoms with Gasteiger partial charge in [0, 0.05) is 11.3 Å². The minimum absolute atomic E-state index is 0.181. The number of benzene rings is 2. The van der Waals surface area contributed by atoms with Crippen molar-refractivity contribution in [3.63, 3.8) is 0 Å². The molecule has 1 amide bonds. The molecule has 0 radical (unpaired) electrons. The SMILES string of the molecule is O=C1Nc2ccc(F)cc2C1Cc1ccc(-c2noc(C(F)(F)F)n2)cc1. The quantitative estimate of drug-likeness (QED) is 0.696. The van der Waals surface area contributed by atoms with Crippen molar-refractivity contribution >= 4 is 11.6 Å². The van der Waals surface area contributed by atoms with Crippen LogP contribution in [-0.4, -0.2) is 16.0 Å². The van der Waals surface area contributed by atoms with Crippen LogP contribution in [0.4, 0.5) is 23.2 Å². The second-order valence-corrected chi connectivity index (χ2v) is 6.10. The van der Waals surface area contributed by atoms with E-state index in [4.69, 9.17) is 0 Å². The third-order valence-electron chi connectivity index (χ3n) is 4.28. The topological polar surface area (TPSA) is 68.0 Å². The molecule has 0 aliphatic carbocycles. The van der Waals surface area contributed by atoms with Crippen molar-refractivity contribution in [2.75, 3.05) is 5.32 Å². The highest BCUT2D eigenvalue weighted by Crippen LogP contribution is 2.35. The number of aromatic nitrogens is 2. The molecular weight excluding hydrogens is 366 g/mol. The molecule has 0 saturated carbocycles. The summed E-state index contributed by atoms with van der Waals surface area (Å²) in [6, 6.07) is 10.5. The lowest BCUT2D eigenvalue weighted by atomic mass is 9.93. The summed E-state index contributed by atoms with van der Waals surface area (Å²) in [6.07, 6.45) is -4.38. The molecule has 1 unspecified atom stereocenters. The average Bonchev–Trinajstić information content (AvgIpc) is 3.22. The fraction of sp³-hybridized carbons (Fsp3) is 0.167. The minimum Gasteiger partial charge on any atom is -0.329 e. The van der Waals surface area contributed by atoms with Crippen LogP contribution in [0.5, 0.6) is 0 Å². The van der Waals surface area contributed by atoms with E-state index in [1.807, 2.05) is 0 Å². The van der Waals surface area contributed by atoms with Crippen LogP contribution in [0, 0.1) is 5.82 Å². The predicted molar refractivity (Wildman–Crippen MR) is 86.2 cm³/mol. The number of nitrogens with one attached hydrogen (secondary N) is 1. The van der Waals surface area contributed by atoms with Gasteiger partial charge in [0.15, 0.2) is 0 Å². The fourth-order valence-electron chi connectivity index (χ4n) is 2.98. The molecule has 3 aromatic rings. The van der Waals surface area contributed by atoms with Gasteiger partial charge in [-0.15, -0.1) is 0 Å². The Bertz CT molecular complexity index is 1010. The highest BCUT2D eigenvalue weighted by atomic mass is 19.4. The summed E-state index contributed by atoms with van der Waals surface area (Å²) in [4.78, 5) is 15.5. The number of rotatable bonds is 3. The van der Waals surface area contributed by atoms with E-state index in [1.54, 1.807) is 24.3 Å². The maximum absolute atomic E-state index is 13.5. The van der Waals surface area contributed by atoms with Crippen LogP contribution in [0.2, 0.25) is 0 Å². The van der Waals surface area contributed by atoms with Gasteiger partial charge in [0.05, 0.1) is 5.92 Å². The summed E-state index contributed by atoms with van der Waals surface area (Å²) >= 11 is 0. The van der Waals surface area contributed by atoms with E-state index in [1.165, 1.54) is 18.2 Å². The Balaban J connectivity index is 1.55. The van der Waals surface area contributed by atoms with Gasteiger partial charge in [-0.2, -0.15) is 18.2 Å². The molecule has 0 bridgehead atoms. The zero-order valence-electron chi connectivity index (χ0n) is 13.5. The maximum atomic E-state index is 13.5. The van der Waals surface area contributed by atoms with Crippen molar-refractivity contribution in [1.29, 1.82) is 0 Å². The number of hydrogen-bond donors (Lipinski definition) is 1. The smallest absolute Gasteiger partial charge is 0.329 e. The molecule has 0 saturated heterocycles. The number of halogens is 4. The first-order valence-electron chi connectivity index (χ1n) is 7.92. The van der Waals surface area contributed by atoms with Gasteiger partial charge in [0.1, 0.15) is 5.82 Å². The largest absolute Gasteiger partial charge is 0.471 e. The first-order chi connectivity index (χ1) is 12.8. The van der Waals surface area contributed by atoms with E-state index in [2.05, 4.69) is 20.0 Å². The third kappa shape index (κ3) is 3.27. The second-order valence-electron chi connectivity index (χ2n) is 6.10. The van der Waals surface area contributed by atoms with Gasteiger partial charge < -0.3 is 9.84 Å². The van der Waals surface area contributed by atoms with E-state index in [9.17, 15) is 22.4 Å². The third-order valence-corrected chi connectivity index (χ3v) is 4.28. The molecule has 1 aromatic heterocycles. The monoisotopic (exact) mass is 377 g/mol. The van der Waals surface area contributed by atoms with Crippen LogP contribution in [0.3, 0.4) is 0 Å². The van der Waals surface area contributed by atoms with E-state index < -0.39 is 23.8 Å². The first-order valence-corrected chi connectivity index (χ1v) is 7.92. The molecule has 2 aromatic carbocycles. The number of hydrogen-bond acceptors (Lipinski definition) is 4. The summed E-state index contributed by atoms with van der Waals surface area (Å²) in [6.45, 7) is 0. The molecule has 0 spiro atoms. The zero-order chi connectivity index (χ0) is 19.2. The molecule has 4 rings (SSSR count). The van der Waals surface area contributed by atoms with Crippen LogP contribution >= 0.6 is 0 Å². The molecule has 5 nitrogen and oxygen atoms in total. The molecule has 1 aliphatic heterocycles. The Morgan fingerprint density at radius 1 is 1.11 bits per heavy atom. The molecule has 9 heteroatoms. The van der Waals surface area contributed by atoms with Crippen LogP contribution in [0.1, 0.15) is 22.9 Å². The molecule has 138 valence electrons. The fourth-order valence-corrected chi connectivity index (χ4v) is 2.98. The Labute approximate surface area is 150 Å². The van der Waals surface area contributed by atoms with Crippen molar-refractivity contribution in [3.8, 4) is 11.4 Å². The summed E-state index contributed by atoms with van der Waals surface area (Å²) in [5, 5.41) is 6.03. The van der Waals surface area contributed by atoms with Crippen molar-refractivity contribution in [2.24, 2.45) is 0 Å². The summed E-state index contributed by atoms with van der Waals surface area (Å²) in [7, 11) is 0. The number of alkyl halides is 3. The normalized spacial score (nSPS) is 16.3. The van der Waals surface area contributed by atoms with Crippen molar-refractivity contribution in [2.45, 2.75) is 18.5 Å². The molecular formula is C18H11F4N3O2. The Kier molecular flexibility index (Phi) is 3.94. The maximum Gasteiger partial charge on any atom is 0.471 e. The van der Waals surface area contributed by atoms with E-state index >= 15 is 0 Å². The van der Waals surface area contributed by atoms with Crippen LogP contribution in [0.25, 0.3) is 11.4 Å². The Morgan fingerprint density at radius 2 is 1.85 bits per heavy atom. The van der Waals surface area contributed by atoms with Crippen LogP contribution in [0.15, 0.2) is 47.0 Å². The Hall–Kier alpha value is -3.23. The van der Waals surface area contributed by atoms with Crippen LogP contribution < -0.4 is 5.32 Å². The molecule has 0 fully saturated rings. The van der Waals surface area contributed by atoms with Gasteiger partial charge in [-0.05, 0) is 35.7 Å². The predicted octanol–water partition coefficient (Wildman–Crippen LogP) is 4.17. The minimum atomic E-state index is -4.70. The van der Waals surface area contributed by atoms with Crippen molar-refractivity contribution in [1.82, 2.24) is 10.1 Å². The Morgan fingerprint density at radius 3 is 2.52 bits per heavy atom. The highest BCUT2D eigenvalue weighted by Gasteiger charge is 2.38. The molecule has 1 N–H and O–H groups in total. The van der Waals surface area contributed by atoms with E-state index in [0.29, 0.717) is 23.2 Å². The number of amides is 1. The average molecular weight is 377 g/mol. The van der Waals surface area contributed by atoms with Gasteiger partial charge >= 0.3 is 12.1 Å². The summed E-state index contributed by atoms with van der Waals surface area (Å²) in [5.74, 6) is -2.79. The molecule has 1 aliphatic rings. The van der Waals surface area contributed by atoms with Gasteiger partial charge in [0.25, 0.3) is 0 Å². The van der Waals surface area contributed by atoms with Gasteiger partial charge in [-0.25, -0.2) is 4.39 Å². The van der Waals surface area contributed by atoms with Crippen molar-refractivity contribution < 1.29 is 26.9 Å². The highest BCUT2D eigenvalue weighted by molar-refractivity contribution is 6.03. The number of anilines is 1. The lowest BCUT2D eigenvalue weighted by Crippen LogP contribution is -2.14. The second kappa shape index (κ2) is 6.19. The molecule has 2 heterocycles. The number of fused-ring (bicyclic) bond motifs is 1. The van der Waals surface area contributed by atoms with Gasteiger partial charge in [0.2, 0.25) is 11.7 Å². The van der Waals surface area contributed by atoms with E-state index in [0.717, 1.165) is 5.56 Å². The van der Waals surface area contributed by atoms with E-state index in [-0.39, 0.29) is 11.7 Å². The first kappa shape index (κ1) is 17.2. The summed E-state index contributed by atoms with van der Waals surface area (Å²) in [5.41, 5.74) is 2.27. The lowest BCUT2D eigenvalue weighted by molar-refractivity contribution is -0.159. The zero-order valence-corrected chi connectivity index (χ0v) is 13.5. The number of carbonyl (C=O) groups is 1. The van der Waals surface area contributed by atoms with Gasteiger partial charge in [-0.3, -0.25) is 4.79 Å².